The Bertz CT molecular complexity index is 970. The lowest BCUT2D eigenvalue weighted by molar-refractivity contribution is 0.294. The molecule has 1 aliphatic rings. The van der Waals surface area contributed by atoms with Gasteiger partial charge in [0.15, 0.2) is 11.5 Å². The number of ether oxygens (including phenoxy) is 2. The van der Waals surface area contributed by atoms with Crippen LogP contribution in [-0.2, 0) is 6.54 Å². The molecular formula is C22H23N3O2. The summed E-state index contributed by atoms with van der Waals surface area (Å²) >= 11 is 0. The second kappa shape index (κ2) is 7.76. The molecule has 5 heteroatoms. The second-order valence-electron chi connectivity index (χ2n) is 6.69. The molecule has 0 spiro atoms. The average Bonchev–Trinajstić information content (AvgIpc) is 2.74. The van der Waals surface area contributed by atoms with E-state index in [1.54, 1.807) is 26.6 Å². The molecule has 138 valence electrons. The van der Waals surface area contributed by atoms with Gasteiger partial charge in [-0.15, -0.1) is 0 Å². The second-order valence-corrected chi connectivity index (χ2v) is 6.69. The number of hydrogen-bond donors (Lipinski definition) is 0. The van der Waals surface area contributed by atoms with Crippen LogP contribution in [0.25, 0.3) is 16.3 Å². The molecule has 0 fully saturated rings. The molecular weight excluding hydrogens is 338 g/mol. The normalized spacial score (nSPS) is 14.8. The highest BCUT2D eigenvalue weighted by atomic mass is 16.5. The molecule has 5 nitrogen and oxygen atoms in total. The third-order valence-electron chi connectivity index (χ3n) is 5.00. The lowest BCUT2D eigenvalue weighted by atomic mass is 10.0. The van der Waals surface area contributed by atoms with Crippen molar-refractivity contribution in [1.82, 2.24) is 14.9 Å². The summed E-state index contributed by atoms with van der Waals surface area (Å²) in [6, 6.07) is 10.6. The summed E-state index contributed by atoms with van der Waals surface area (Å²) in [7, 11) is 3.33. The molecule has 0 saturated heterocycles. The van der Waals surface area contributed by atoms with Crippen molar-refractivity contribution in [2.45, 2.75) is 13.0 Å². The number of nitrogens with zero attached hydrogens (tertiary/aromatic N) is 3. The van der Waals surface area contributed by atoms with E-state index in [0.717, 1.165) is 54.0 Å². The maximum absolute atomic E-state index is 5.43. The summed E-state index contributed by atoms with van der Waals surface area (Å²) < 4.78 is 10.8. The van der Waals surface area contributed by atoms with Gasteiger partial charge in [0.05, 0.1) is 26.1 Å². The molecule has 0 unspecified atom stereocenters. The minimum Gasteiger partial charge on any atom is -0.493 e. The van der Waals surface area contributed by atoms with Gasteiger partial charge in [0.1, 0.15) is 0 Å². The first kappa shape index (κ1) is 17.5. The number of methoxy groups -OCH3 is 2. The van der Waals surface area contributed by atoms with Gasteiger partial charge in [-0.3, -0.25) is 14.9 Å². The van der Waals surface area contributed by atoms with E-state index in [1.807, 2.05) is 18.3 Å². The summed E-state index contributed by atoms with van der Waals surface area (Å²) in [5.74, 6) is 1.52. The zero-order valence-electron chi connectivity index (χ0n) is 15.7. The minimum absolute atomic E-state index is 0.760. The van der Waals surface area contributed by atoms with Gasteiger partial charge in [-0.1, -0.05) is 18.2 Å². The van der Waals surface area contributed by atoms with Crippen molar-refractivity contribution < 1.29 is 9.47 Å². The van der Waals surface area contributed by atoms with Crippen molar-refractivity contribution in [2.24, 2.45) is 0 Å². The molecule has 0 radical (unpaired) electrons. The SMILES string of the molecule is COc1cc2ccc(CN3CC=C(c4cnccn4)CC3)cc2cc1OC. The Kier molecular flexibility index (Phi) is 5.03. The predicted octanol–water partition coefficient (Wildman–Crippen LogP) is 3.94. The molecule has 0 bridgehead atoms. The molecule has 0 atom stereocenters. The molecule has 3 aromatic rings. The summed E-state index contributed by atoms with van der Waals surface area (Å²) in [5, 5.41) is 2.32. The van der Waals surface area contributed by atoms with Crippen LogP contribution in [0.4, 0.5) is 0 Å². The third-order valence-corrected chi connectivity index (χ3v) is 5.00. The highest BCUT2D eigenvalue weighted by molar-refractivity contribution is 5.86. The van der Waals surface area contributed by atoms with Crippen LogP contribution < -0.4 is 9.47 Å². The number of fused-ring (bicyclic) bond motifs is 1. The highest BCUT2D eigenvalue weighted by Crippen LogP contribution is 2.32. The molecule has 2 heterocycles. The van der Waals surface area contributed by atoms with Crippen LogP contribution in [0, 0.1) is 0 Å². The van der Waals surface area contributed by atoms with Crippen molar-refractivity contribution in [2.75, 3.05) is 27.3 Å². The van der Waals surface area contributed by atoms with Crippen LogP contribution in [0.2, 0.25) is 0 Å². The van der Waals surface area contributed by atoms with Gasteiger partial charge in [-0.25, -0.2) is 0 Å². The molecule has 4 rings (SSSR count). The fraction of sp³-hybridized carbons (Fsp3) is 0.273. The van der Waals surface area contributed by atoms with Crippen molar-refractivity contribution in [1.29, 1.82) is 0 Å². The van der Waals surface area contributed by atoms with E-state index in [-0.39, 0.29) is 0 Å². The Morgan fingerprint density at radius 3 is 2.48 bits per heavy atom. The van der Waals surface area contributed by atoms with Crippen LogP contribution >= 0.6 is 0 Å². The van der Waals surface area contributed by atoms with Crippen molar-refractivity contribution in [3.63, 3.8) is 0 Å². The Morgan fingerprint density at radius 1 is 1.00 bits per heavy atom. The van der Waals surface area contributed by atoms with Crippen LogP contribution in [0.1, 0.15) is 17.7 Å². The Labute approximate surface area is 159 Å². The number of rotatable bonds is 5. The Morgan fingerprint density at radius 2 is 1.81 bits per heavy atom. The third kappa shape index (κ3) is 3.78. The maximum Gasteiger partial charge on any atom is 0.161 e. The standard InChI is InChI=1S/C22H23N3O2/c1-26-21-12-18-4-3-16(11-19(18)13-22(21)27-2)15-25-9-5-17(6-10-25)20-14-23-7-8-24-20/h3-5,7-8,11-14H,6,9-10,15H2,1-2H3. The molecule has 0 saturated carbocycles. The first-order chi connectivity index (χ1) is 13.3. The van der Waals surface area contributed by atoms with Gasteiger partial charge in [-0.05, 0) is 46.5 Å². The fourth-order valence-corrected chi connectivity index (χ4v) is 3.53. The van der Waals surface area contributed by atoms with Gasteiger partial charge in [0.25, 0.3) is 0 Å². The number of hydrogen-bond acceptors (Lipinski definition) is 5. The monoisotopic (exact) mass is 361 g/mol. The van der Waals surface area contributed by atoms with Crippen LogP contribution in [0.3, 0.4) is 0 Å². The summed E-state index contributed by atoms with van der Waals surface area (Å²) in [6.45, 7) is 2.87. The van der Waals surface area contributed by atoms with Crippen LogP contribution in [0.15, 0.2) is 55.0 Å². The zero-order chi connectivity index (χ0) is 18.6. The van der Waals surface area contributed by atoms with Gasteiger partial charge in [0, 0.05) is 32.0 Å². The van der Waals surface area contributed by atoms with Crippen molar-refractivity contribution in [3.8, 4) is 11.5 Å². The molecule has 0 amide bonds. The molecule has 0 aliphatic carbocycles. The lowest BCUT2D eigenvalue weighted by Crippen LogP contribution is -2.28. The molecule has 2 aromatic carbocycles. The summed E-state index contributed by atoms with van der Waals surface area (Å²) in [6.07, 6.45) is 8.57. The van der Waals surface area contributed by atoms with E-state index in [4.69, 9.17) is 9.47 Å². The number of benzene rings is 2. The molecule has 27 heavy (non-hydrogen) atoms. The largest absolute Gasteiger partial charge is 0.493 e. The van der Waals surface area contributed by atoms with E-state index >= 15 is 0 Å². The van der Waals surface area contributed by atoms with Crippen molar-refractivity contribution >= 4 is 16.3 Å². The molecule has 0 N–H and O–H groups in total. The van der Waals surface area contributed by atoms with E-state index in [2.05, 4.69) is 39.1 Å². The van der Waals surface area contributed by atoms with Gasteiger partial charge in [0.2, 0.25) is 0 Å². The Balaban J connectivity index is 1.50. The lowest BCUT2D eigenvalue weighted by Gasteiger charge is -2.26. The zero-order valence-corrected chi connectivity index (χ0v) is 15.7. The van der Waals surface area contributed by atoms with Crippen molar-refractivity contribution in [3.05, 3.63) is 66.3 Å². The quantitative estimate of drug-likeness (QED) is 0.689. The average molecular weight is 361 g/mol. The van der Waals surface area contributed by atoms with Gasteiger partial charge < -0.3 is 9.47 Å². The van der Waals surface area contributed by atoms with E-state index in [1.165, 1.54) is 11.1 Å². The Hall–Kier alpha value is -2.92. The molecule has 1 aliphatic heterocycles. The van der Waals surface area contributed by atoms with Crippen LogP contribution in [-0.4, -0.2) is 42.2 Å². The molecule has 1 aromatic heterocycles. The topological polar surface area (TPSA) is 47.5 Å². The van der Waals surface area contributed by atoms with Gasteiger partial charge in [-0.2, -0.15) is 0 Å². The van der Waals surface area contributed by atoms with E-state index < -0.39 is 0 Å². The first-order valence-electron chi connectivity index (χ1n) is 9.09. The smallest absolute Gasteiger partial charge is 0.161 e. The van der Waals surface area contributed by atoms with E-state index in [0.29, 0.717) is 0 Å². The maximum atomic E-state index is 5.43. The van der Waals surface area contributed by atoms with Crippen LogP contribution in [0.5, 0.6) is 11.5 Å². The summed E-state index contributed by atoms with van der Waals surface area (Å²) in [5.41, 5.74) is 3.57. The summed E-state index contributed by atoms with van der Waals surface area (Å²) in [4.78, 5) is 11.0. The highest BCUT2D eigenvalue weighted by Gasteiger charge is 2.14. The fourth-order valence-electron chi connectivity index (χ4n) is 3.53. The predicted molar refractivity (Wildman–Crippen MR) is 107 cm³/mol. The van der Waals surface area contributed by atoms with Gasteiger partial charge >= 0.3 is 0 Å². The first-order valence-corrected chi connectivity index (χ1v) is 9.09. The minimum atomic E-state index is 0.760. The van der Waals surface area contributed by atoms with E-state index in [9.17, 15) is 0 Å². The number of aromatic nitrogens is 2.